The Balaban J connectivity index is 2.36. The van der Waals surface area contributed by atoms with Crippen LogP contribution in [0.1, 0.15) is 12.6 Å². The first-order valence-corrected chi connectivity index (χ1v) is 7.63. The number of anilines is 1. The first-order chi connectivity index (χ1) is 9.85. The Hall–Kier alpha value is -2.42. The van der Waals surface area contributed by atoms with Crippen molar-refractivity contribution in [2.45, 2.75) is 25.3 Å². The van der Waals surface area contributed by atoms with Crippen molar-refractivity contribution in [3.63, 3.8) is 0 Å². The van der Waals surface area contributed by atoms with Crippen LogP contribution < -0.4 is 4.72 Å². The highest BCUT2D eigenvalue weighted by atomic mass is 32.2. The first-order valence-electron chi connectivity index (χ1n) is 6.15. The predicted octanol–water partition coefficient (Wildman–Crippen LogP) is 1.92. The van der Waals surface area contributed by atoms with Crippen LogP contribution in [0.2, 0.25) is 0 Å². The van der Waals surface area contributed by atoms with E-state index < -0.39 is 14.9 Å². The zero-order valence-electron chi connectivity index (χ0n) is 11.5. The van der Waals surface area contributed by atoms with Gasteiger partial charge in [0.15, 0.2) is 0 Å². The maximum absolute atomic E-state index is 12.3. The van der Waals surface area contributed by atoms with E-state index in [1.165, 1.54) is 24.4 Å². The fraction of sp³-hybridized carbons (Fsp3) is 0.250. The van der Waals surface area contributed by atoms with Crippen LogP contribution in [0, 0.1) is 17.0 Å². The Morgan fingerprint density at radius 3 is 2.71 bits per heavy atom. The summed E-state index contributed by atoms with van der Waals surface area (Å²) in [5, 5.41) is 14.8. The van der Waals surface area contributed by atoms with Crippen molar-refractivity contribution >= 4 is 21.4 Å². The summed E-state index contributed by atoms with van der Waals surface area (Å²) in [5.41, 5.74) is 0.744. The van der Waals surface area contributed by atoms with Crippen molar-refractivity contribution in [2.24, 2.45) is 0 Å². The molecule has 0 atom stereocenters. The molecule has 2 aromatic rings. The second kappa shape index (κ2) is 5.52. The van der Waals surface area contributed by atoms with E-state index in [1.807, 2.05) is 6.92 Å². The number of hydrogen-bond donors (Lipinski definition) is 1. The van der Waals surface area contributed by atoms with E-state index in [4.69, 9.17) is 0 Å². The molecule has 0 spiro atoms. The van der Waals surface area contributed by atoms with Crippen molar-refractivity contribution in [1.29, 1.82) is 0 Å². The topological polar surface area (TPSA) is 107 Å². The Bertz CT molecular complexity index is 782. The molecule has 0 amide bonds. The predicted molar refractivity (Wildman–Crippen MR) is 76.5 cm³/mol. The summed E-state index contributed by atoms with van der Waals surface area (Å²) in [5.74, 6) is 0. The Morgan fingerprint density at radius 1 is 1.43 bits per heavy atom. The van der Waals surface area contributed by atoms with Gasteiger partial charge in [-0.2, -0.15) is 5.10 Å². The largest absolute Gasteiger partial charge is 0.276 e. The van der Waals surface area contributed by atoms with Gasteiger partial charge in [-0.25, -0.2) is 8.42 Å². The fourth-order valence-electron chi connectivity index (χ4n) is 1.83. The van der Waals surface area contributed by atoms with Crippen LogP contribution in [-0.4, -0.2) is 23.1 Å². The lowest BCUT2D eigenvalue weighted by Crippen LogP contribution is -2.13. The lowest BCUT2D eigenvalue weighted by molar-refractivity contribution is -0.385. The van der Waals surface area contributed by atoms with E-state index in [0.29, 0.717) is 17.9 Å². The van der Waals surface area contributed by atoms with Crippen LogP contribution in [0.25, 0.3) is 0 Å². The molecule has 0 aliphatic carbocycles. The minimum absolute atomic E-state index is 0.166. The number of nitrogens with zero attached hydrogens (tertiary/aromatic N) is 3. The van der Waals surface area contributed by atoms with E-state index in [2.05, 4.69) is 9.82 Å². The van der Waals surface area contributed by atoms with E-state index in [1.54, 1.807) is 11.6 Å². The minimum Gasteiger partial charge on any atom is -0.276 e. The average molecular weight is 310 g/mol. The molecule has 2 rings (SSSR count). The van der Waals surface area contributed by atoms with Gasteiger partial charge < -0.3 is 0 Å². The standard InChI is InChI=1S/C12H14N4O4S/c1-3-15-9(2)12(8-13-15)14-21(19,20)11-6-4-5-10(7-11)16(17)18/h4-8,14H,3H2,1-2H3. The number of hydrogen-bond acceptors (Lipinski definition) is 5. The van der Waals surface area contributed by atoms with Gasteiger partial charge in [0.05, 0.1) is 27.4 Å². The fourth-order valence-corrected chi connectivity index (χ4v) is 2.97. The average Bonchev–Trinajstić information content (AvgIpc) is 2.79. The van der Waals surface area contributed by atoms with Crippen molar-refractivity contribution in [1.82, 2.24) is 9.78 Å². The molecule has 0 fully saturated rings. The molecule has 112 valence electrons. The summed E-state index contributed by atoms with van der Waals surface area (Å²) in [7, 11) is -3.89. The van der Waals surface area contributed by atoms with E-state index in [9.17, 15) is 18.5 Å². The Labute approximate surface area is 121 Å². The summed E-state index contributed by atoms with van der Waals surface area (Å²) in [6.07, 6.45) is 1.41. The van der Waals surface area contributed by atoms with Gasteiger partial charge in [0, 0.05) is 18.7 Å². The second-order valence-corrected chi connectivity index (χ2v) is 6.00. The molecule has 1 aromatic heterocycles. The molecule has 9 heteroatoms. The van der Waals surface area contributed by atoms with Gasteiger partial charge in [0.2, 0.25) is 0 Å². The molecule has 8 nitrogen and oxygen atoms in total. The molecular formula is C12H14N4O4S. The van der Waals surface area contributed by atoms with Crippen molar-refractivity contribution in [3.05, 3.63) is 46.3 Å². The summed E-state index contributed by atoms with van der Waals surface area (Å²) in [6.45, 7) is 4.24. The van der Waals surface area contributed by atoms with Crippen molar-refractivity contribution in [2.75, 3.05) is 4.72 Å². The highest BCUT2D eigenvalue weighted by Gasteiger charge is 2.19. The third-order valence-corrected chi connectivity index (χ3v) is 4.35. The highest BCUT2D eigenvalue weighted by Crippen LogP contribution is 2.22. The number of non-ortho nitro benzene ring substituents is 1. The quantitative estimate of drug-likeness (QED) is 0.670. The maximum atomic E-state index is 12.3. The molecule has 0 saturated heterocycles. The van der Waals surface area contributed by atoms with Crippen LogP contribution in [0.4, 0.5) is 11.4 Å². The van der Waals surface area contributed by atoms with Gasteiger partial charge in [-0.1, -0.05) is 6.07 Å². The number of aromatic nitrogens is 2. The second-order valence-electron chi connectivity index (χ2n) is 4.32. The number of nitro groups is 1. The first kappa shape index (κ1) is 15.0. The SMILES string of the molecule is CCn1ncc(NS(=O)(=O)c2cccc([N+](=O)[O-])c2)c1C. The monoisotopic (exact) mass is 310 g/mol. The van der Waals surface area contributed by atoms with Gasteiger partial charge in [-0.3, -0.25) is 19.5 Å². The van der Waals surface area contributed by atoms with Crippen LogP contribution in [-0.2, 0) is 16.6 Å². The number of rotatable bonds is 5. The zero-order chi connectivity index (χ0) is 15.6. The lowest BCUT2D eigenvalue weighted by Gasteiger charge is -2.07. The Kier molecular flexibility index (Phi) is 3.94. The molecule has 0 unspecified atom stereocenters. The molecule has 21 heavy (non-hydrogen) atoms. The van der Waals surface area contributed by atoms with Crippen LogP contribution in [0.3, 0.4) is 0 Å². The van der Waals surface area contributed by atoms with Gasteiger partial charge in [-0.05, 0) is 19.9 Å². The summed E-state index contributed by atoms with van der Waals surface area (Å²) < 4.78 is 28.5. The molecule has 0 bridgehead atoms. The van der Waals surface area contributed by atoms with E-state index >= 15 is 0 Å². The van der Waals surface area contributed by atoms with Crippen molar-refractivity contribution < 1.29 is 13.3 Å². The summed E-state index contributed by atoms with van der Waals surface area (Å²) in [6, 6.07) is 4.88. The molecule has 1 N–H and O–H groups in total. The van der Waals surface area contributed by atoms with E-state index in [-0.39, 0.29) is 10.6 Å². The summed E-state index contributed by atoms with van der Waals surface area (Å²) >= 11 is 0. The van der Waals surface area contributed by atoms with Gasteiger partial charge in [0.1, 0.15) is 0 Å². The normalized spacial score (nSPS) is 11.3. The molecule has 0 radical (unpaired) electrons. The zero-order valence-corrected chi connectivity index (χ0v) is 12.3. The number of nitrogens with one attached hydrogen (secondary N) is 1. The van der Waals surface area contributed by atoms with Crippen LogP contribution >= 0.6 is 0 Å². The highest BCUT2D eigenvalue weighted by molar-refractivity contribution is 7.92. The molecule has 0 aliphatic heterocycles. The van der Waals surface area contributed by atoms with Gasteiger partial charge >= 0.3 is 0 Å². The maximum Gasteiger partial charge on any atom is 0.270 e. The minimum atomic E-state index is -3.89. The molecule has 1 heterocycles. The summed E-state index contributed by atoms with van der Waals surface area (Å²) in [4.78, 5) is 9.91. The van der Waals surface area contributed by atoms with Crippen molar-refractivity contribution in [3.8, 4) is 0 Å². The third-order valence-electron chi connectivity index (χ3n) is 2.99. The molecule has 0 saturated carbocycles. The van der Waals surface area contributed by atoms with Crippen LogP contribution in [0.15, 0.2) is 35.4 Å². The smallest absolute Gasteiger partial charge is 0.270 e. The third kappa shape index (κ3) is 3.02. The molecule has 0 aliphatic rings. The number of sulfonamides is 1. The van der Waals surface area contributed by atoms with Gasteiger partial charge in [0.25, 0.3) is 15.7 Å². The molecular weight excluding hydrogens is 296 g/mol. The Morgan fingerprint density at radius 2 is 2.14 bits per heavy atom. The molecule has 1 aromatic carbocycles. The number of benzene rings is 1. The number of aryl methyl sites for hydroxylation is 1. The van der Waals surface area contributed by atoms with E-state index in [0.717, 1.165) is 6.07 Å². The number of nitro benzene ring substituents is 1. The lowest BCUT2D eigenvalue weighted by atomic mass is 10.3. The van der Waals surface area contributed by atoms with Crippen LogP contribution in [0.5, 0.6) is 0 Å². The van der Waals surface area contributed by atoms with Gasteiger partial charge in [-0.15, -0.1) is 0 Å².